The maximum absolute atomic E-state index is 10.9. The van der Waals surface area contributed by atoms with Crippen molar-refractivity contribution in [2.75, 3.05) is 5.43 Å². The van der Waals surface area contributed by atoms with E-state index >= 15 is 0 Å². The molecule has 0 spiro atoms. The average Bonchev–Trinajstić information content (AvgIpc) is 2.80. The number of hydrazine groups is 1. The smallest absolute Gasteiger partial charge is 0.335 e. The van der Waals surface area contributed by atoms with Gasteiger partial charge in [-0.3, -0.25) is 0 Å². The Bertz CT molecular complexity index is 611. The van der Waals surface area contributed by atoms with Gasteiger partial charge in [0, 0.05) is 13.1 Å². The number of aromatic carboxylic acids is 1. The lowest BCUT2D eigenvalue weighted by molar-refractivity contribution is 0.0697. The van der Waals surface area contributed by atoms with Gasteiger partial charge in [-0.25, -0.2) is 9.80 Å². The van der Waals surface area contributed by atoms with Gasteiger partial charge >= 0.3 is 5.97 Å². The van der Waals surface area contributed by atoms with Crippen molar-refractivity contribution in [2.24, 2.45) is 0 Å². The van der Waals surface area contributed by atoms with E-state index in [-0.39, 0.29) is 0 Å². The zero-order valence-electron chi connectivity index (χ0n) is 10.3. The molecule has 3 rings (SSSR count). The molecule has 0 atom stereocenters. The standard InChI is InChI=1S/C15H14N2O2/c18-15(19)12-6-7-13-10-17(16-14(13)8-12)9-11-4-2-1-3-5-11/h1-8,16H,9-10H2,(H,18,19). The van der Waals surface area contributed by atoms with Crippen molar-refractivity contribution in [1.82, 2.24) is 5.01 Å². The molecule has 0 aliphatic carbocycles. The van der Waals surface area contributed by atoms with E-state index in [1.54, 1.807) is 12.1 Å². The minimum absolute atomic E-state index is 0.313. The molecule has 1 aliphatic heterocycles. The predicted octanol–water partition coefficient (Wildman–Crippen LogP) is 2.73. The number of fused-ring (bicyclic) bond motifs is 1. The Labute approximate surface area is 111 Å². The molecule has 0 saturated carbocycles. The summed E-state index contributed by atoms with van der Waals surface area (Å²) in [4.78, 5) is 10.9. The summed E-state index contributed by atoms with van der Waals surface area (Å²) in [6.07, 6.45) is 0. The topological polar surface area (TPSA) is 52.6 Å². The van der Waals surface area contributed by atoms with Gasteiger partial charge < -0.3 is 10.5 Å². The fourth-order valence-electron chi connectivity index (χ4n) is 2.27. The monoisotopic (exact) mass is 254 g/mol. The number of hydrogen-bond acceptors (Lipinski definition) is 3. The minimum atomic E-state index is -0.897. The van der Waals surface area contributed by atoms with E-state index in [9.17, 15) is 4.79 Å². The molecule has 2 N–H and O–H groups in total. The molecule has 2 aromatic rings. The lowest BCUT2D eigenvalue weighted by Crippen LogP contribution is -2.22. The van der Waals surface area contributed by atoms with Gasteiger partial charge in [-0.15, -0.1) is 0 Å². The molecule has 0 unspecified atom stereocenters. The number of anilines is 1. The Hall–Kier alpha value is -2.33. The summed E-state index contributed by atoms with van der Waals surface area (Å²) in [5.74, 6) is -0.897. The van der Waals surface area contributed by atoms with Crippen molar-refractivity contribution >= 4 is 11.7 Å². The number of nitrogens with one attached hydrogen (secondary N) is 1. The molecular formula is C15H14N2O2. The van der Waals surface area contributed by atoms with E-state index in [1.165, 1.54) is 5.56 Å². The SMILES string of the molecule is O=C(O)c1ccc2c(c1)NN(Cc1ccccc1)C2. The molecule has 1 aliphatic rings. The van der Waals surface area contributed by atoms with E-state index < -0.39 is 5.97 Å². The number of nitrogens with zero attached hydrogens (tertiary/aromatic N) is 1. The first-order valence-electron chi connectivity index (χ1n) is 6.14. The van der Waals surface area contributed by atoms with Gasteiger partial charge in [-0.05, 0) is 23.3 Å². The molecule has 0 radical (unpaired) electrons. The van der Waals surface area contributed by atoms with Crippen LogP contribution in [0.5, 0.6) is 0 Å². The van der Waals surface area contributed by atoms with Crippen LogP contribution >= 0.6 is 0 Å². The van der Waals surface area contributed by atoms with E-state index in [0.717, 1.165) is 24.3 Å². The van der Waals surface area contributed by atoms with Crippen LogP contribution in [0.15, 0.2) is 48.5 Å². The molecular weight excluding hydrogens is 240 g/mol. The van der Waals surface area contributed by atoms with Crippen molar-refractivity contribution in [3.8, 4) is 0 Å². The fourth-order valence-corrected chi connectivity index (χ4v) is 2.27. The molecule has 0 amide bonds. The molecule has 4 nitrogen and oxygen atoms in total. The first kappa shape index (κ1) is 11.7. The number of hydrogen-bond donors (Lipinski definition) is 2. The van der Waals surface area contributed by atoms with Gasteiger partial charge in [-0.2, -0.15) is 0 Å². The second kappa shape index (κ2) is 4.74. The van der Waals surface area contributed by atoms with Crippen LogP contribution in [0.2, 0.25) is 0 Å². The summed E-state index contributed by atoms with van der Waals surface area (Å²) in [7, 11) is 0. The Morgan fingerprint density at radius 2 is 2.00 bits per heavy atom. The number of carboxylic acids is 1. The van der Waals surface area contributed by atoms with Crippen LogP contribution in [-0.2, 0) is 13.1 Å². The van der Waals surface area contributed by atoms with Crippen molar-refractivity contribution in [2.45, 2.75) is 13.1 Å². The minimum Gasteiger partial charge on any atom is -0.478 e. The summed E-state index contributed by atoms with van der Waals surface area (Å²) >= 11 is 0. The van der Waals surface area contributed by atoms with Crippen LogP contribution in [0.25, 0.3) is 0 Å². The third-order valence-corrected chi connectivity index (χ3v) is 3.21. The molecule has 96 valence electrons. The normalized spacial score (nSPS) is 13.9. The molecule has 0 fully saturated rings. The quantitative estimate of drug-likeness (QED) is 0.884. The number of carboxylic acid groups (broad SMARTS) is 1. The summed E-state index contributed by atoms with van der Waals surface area (Å²) in [5, 5.41) is 11.1. The van der Waals surface area contributed by atoms with Crippen LogP contribution in [0.3, 0.4) is 0 Å². The molecule has 0 bridgehead atoms. The highest BCUT2D eigenvalue weighted by atomic mass is 16.4. The second-order valence-corrected chi connectivity index (χ2v) is 4.63. The molecule has 0 aromatic heterocycles. The summed E-state index contributed by atoms with van der Waals surface area (Å²) in [6.45, 7) is 1.57. The maximum atomic E-state index is 10.9. The first-order chi connectivity index (χ1) is 9.22. The Kier molecular flexibility index (Phi) is 2.93. The van der Waals surface area contributed by atoms with Gasteiger partial charge in [-0.1, -0.05) is 36.4 Å². The molecule has 19 heavy (non-hydrogen) atoms. The van der Waals surface area contributed by atoms with Crippen LogP contribution in [0.4, 0.5) is 5.69 Å². The third-order valence-electron chi connectivity index (χ3n) is 3.21. The number of benzene rings is 2. The van der Waals surface area contributed by atoms with Gasteiger partial charge in [0.1, 0.15) is 0 Å². The Morgan fingerprint density at radius 1 is 1.21 bits per heavy atom. The average molecular weight is 254 g/mol. The van der Waals surface area contributed by atoms with E-state index in [0.29, 0.717) is 5.56 Å². The molecule has 0 saturated heterocycles. The van der Waals surface area contributed by atoms with Gasteiger partial charge in [0.25, 0.3) is 0 Å². The Morgan fingerprint density at radius 3 is 2.74 bits per heavy atom. The van der Waals surface area contributed by atoms with Crippen LogP contribution < -0.4 is 5.43 Å². The van der Waals surface area contributed by atoms with Crippen molar-refractivity contribution in [3.05, 3.63) is 65.2 Å². The predicted molar refractivity (Wildman–Crippen MR) is 72.7 cm³/mol. The lowest BCUT2D eigenvalue weighted by Gasteiger charge is -2.15. The van der Waals surface area contributed by atoms with Crippen molar-refractivity contribution in [1.29, 1.82) is 0 Å². The second-order valence-electron chi connectivity index (χ2n) is 4.63. The zero-order valence-corrected chi connectivity index (χ0v) is 10.3. The lowest BCUT2D eigenvalue weighted by atomic mass is 10.1. The number of rotatable bonds is 3. The highest BCUT2D eigenvalue weighted by molar-refractivity contribution is 5.89. The maximum Gasteiger partial charge on any atom is 0.335 e. The highest BCUT2D eigenvalue weighted by Crippen LogP contribution is 2.27. The van der Waals surface area contributed by atoms with Crippen molar-refractivity contribution < 1.29 is 9.90 Å². The van der Waals surface area contributed by atoms with Crippen molar-refractivity contribution in [3.63, 3.8) is 0 Å². The number of carbonyl (C=O) groups is 1. The Balaban J connectivity index is 1.75. The van der Waals surface area contributed by atoms with Gasteiger partial charge in [0.2, 0.25) is 0 Å². The third kappa shape index (κ3) is 2.44. The summed E-state index contributed by atoms with van der Waals surface area (Å²) in [5.41, 5.74) is 6.80. The molecule has 2 aromatic carbocycles. The van der Waals surface area contributed by atoms with Gasteiger partial charge in [0.05, 0.1) is 11.3 Å². The molecule has 4 heteroatoms. The fraction of sp³-hybridized carbons (Fsp3) is 0.133. The molecule has 1 heterocycles. The van der Waals surface area contributed by atoms with Crippen LogP contribution in [0, 0.1) is 0 Å². The van der Waals surface area contributed by atoms with E-state index in [2.05, 4.69) is 22.6 Å². The van der Waals surface area contributed by atoms with Gasteiger partial charge in [0.15, 0.2) is 0 Å². The van der Waals surface area contributed by atoms with E-state index in [4.69, 9.17) is 5.11 Å². The summed E-state index contributed by atoms with van der Waals surface area (Å²) < 4.78 is 0. The van der Waals surface area contributed by atoms with Crippen LogP contribution in [0.1, 0.15) is 21.5 Å². The summed E-state index contributed by atoms with van der Waals surface area (Å²) in [6, 6.07) is 15.4. The largest absolute Gasteiger partial charge is 0.478 e. The zero-order chi connectivity index (χ0) is 13.2. The van der Waals surface area contributed by atoms with Crippen LogP contribution in [-0.4, -0.2) is 16.1 Å². The highest BCUT2D eigenvalue weighted by Gasteiger charge is 2.19. The van der Waals surface area contributed by atoms with E-state index in [1.807, 2.05) is 24.3 Å². The first-order valence-corrected chi connectivity index (χ1v) is 6.14.